The molecular formula is C22H24N5O2S+. The highest BCUT2D eigenvalue weighted by molar-refractivity contribution is 7.71. The van der Waals surface area contributed by atoms with Crippen molar-refractivity contribution in [3.63, 3.8) is 0 Å². The summed E-state index contributed by atoms with van der Waals surface area (Å²) < 4.78 is 5.89. The van der Waals surface area contributed by atoms with Crippen LogP contribution >= 0.6 is 12.2 Å². The molecule has 0 radical (unpaired) electrons. The number of likely N-dealkylation sites (tertiary alicyclic amines) is 1. The highest BCUT2D eigenvalue weighted by Crippen LogP contribution is 2.19. The van der Waals surface area contributed by atoms with Crippen molar-refractivity contribution in [1.29, 1.82) is 0 Å². The van der Waals surface area contributed by atoms with E-state index < -0.39 is 0 Å². The Labute approximate surface area is 178 Å². The van der Waals surface area contributed by atoms with E-state index in [9.17, 15) is 9.90 Å². The average Bonchev–Trinajstić information content (AvgIpc) is 3.05. The summed E-state index contributed by atoms with van der Waals surface area (Å²) in [5.74, 6) is 0.509. The largest absolute Gasteiger partial charge is 0.387 e. The van der Waals surface area contributed by atoms with Crippen LogP contribution in [0.3, 0.4) is 0 Å². The number of aryl methyl sites for hydroxylation is 1. The molecule has 0 saturated carbocycles. The summed E-state index contributed by atoms with van der Waals surface area (Å²) in [4.78, 5) is 14.7. The van der Waals surface area contributed by atoms with Crippen molar-refractivity contribution in [2.75, 3.05) is 13.1 Å². The third-order valence-corrected chi connectivity index (χ3v) is 6.32. The highest BCUT2D eigenvalue weighted by Gasteiger charge is 2.23. The van der Waals surface area contributed by atoms with Gasteiger partial charge in [-0.2, -0.15) is 4.68 Å². The number of aliphatic hydroxyl groups is 1. The molecule has 2 N–H and O–H groups in total. The first-order chi connectivity index (χ1) is 14.5. The number of aromatic nitrogens is 4. The second-order valence-corrected chi connectivity index (χ2v) is 8.39. The normalized spacial score (nSPS) is 19.5. The average molecular weight is 423 g/mol. The molecule has 8 heteroatoms. The number of benzene rings is 2. The molecule has 0 spiro atoms. The monoisotopic (exact) mass is 422 g/mol. The maximum Gasteiger partial charge on any atom is 0.267 e. The zero-order valence-corrected chi connectivity index (χ0v) is 17.6. The predicted molar refractivity (Wildman–Crippen MR) is 118 cm³/mol. The fourth-order valence-corrected chi connectivity index (χ4v) is 4.71. The number of fused-ring (bicyclic) bond motifs is 3. The lowest BCUT2D eigenvalue weighted by Gasteiger charge is -2.26. The summed E-state index contributed by atoms with van der Waals surface area (Å²) in [6, 6.07) is 15.3. The summed E-state index contributed by atoms with van der Waals surface area (Å²) in [5, 5.41) is 15.4. The lowest BCUT2D eigenvalue weighted by atomic mass is 10.1. The maximum absolute atomic E-state index is 13.5. The molecule has 4 aromatic rings. The van der Waals surface area contributed by atoms with Gasteiger partial charge in [-0.1, -0.05) is 30.3 Å². The van der Waals surface area contributed by atoms with E-state index in [0.29, 0.717) is 29.1 Å². The minimum atomic E-state index is -0.286. The van der Waals surface area contributed by atoms with Crippen LogP contribution < -0.4 is 10.5 Å². The van der Waals surface area contributed by atoms with E-state index in [1.54, 1.807) is 9.25 Å². The molecule has 0 aliphatic carbocycles. The highest BCUT2D eigenvalue weighted by atomic mass is 32.1. The Morgan fingerprint density at radius 3 is 2.77 bits per heavy atom. The van der Waals surface area contributed by atoms with Gasteiger partial charge in [0.15, 0.2) is 6.67 Å². The van der Waals surface area contributed by atoms with E-state index >= 15 is 0 Å². The van der Waals surface area contributed by atoms with Gasteiger partial charge in [0.2, 0.25) is 10.5 Å². The van der Waals surface area contributed by atoms with E-state index in [1.807, 2.05) is 59.9 Å². The van der Waals surface area contributed by atoms with Crippen molar-refractivity contribution in [2.45, 2.75) is 32.5 Å². The van der Waals surface area contributed by atoms with Crippen molar-refractivity contribution in [1.82, 2.24) is 18.7 Å². The smallest absolute Gasteiger partial charge is 0.267 e. The van der Waals surface area contributed by atoms with Crippen LogP contribution in [0.1, 0.15) is 18.4 Å². The number of piperidine rings is 1. The summed E-state index contributed by atoms with van der Waals surface area (Å²) in [6.07, 6.45) is 1.54. The Hall–Kier alpha value is -2.81. The predicted octanol–water partition coefficient (Wildman–Crippen LogP) is 1.47. The number of quaternary nitrogens is 1. The Balaban J connectivity index is 1.79. The Morgan fingerprint density at radius 1 is 1.20 bits per heavy atom. The van der Waals surface area contributed by atoms with Crippen LogP contribution in [0.25, 0.3) is 22.4 Å². The zero-order valence-electron chi connectivity index (χ0n) is 16.8. The molecule has 30 heavy (non-hydrogen) atoms. The molecule has 0 amide bonds. The fraction of sp³-hybridized carbons (Fsp3) is 0.318. The molecule has 1 fully saturated rings. The minimum absolute atomic E-state index is 0.111. The minimum Gasteiger partial charge on any atom is -0.387 e. The first-order valence-electron chi connectivity index (χ1n) is 10.3. The van der Waals surface area contributed by atoms with E-state index in [4.69, 9.17) is 17.3 Å². The standard InChI is InChI=1S/C22H23N5O2S/c1-15-7-2-4-10-18(15)26-20(29)17-9-3-5-11-19(17)27-21(26)23-25(22(27)30)14-24-12-6-8-16(28)13-24/h2-5,7,9-11,16,28H,6,8,12-14H2,1H3/p+1/t16-/m1/s1. The van der Waals surface area contributed by atoms with Crippen LogP contribution in [-0.4, -0.2) is 43.0 Å². The number of para-hydroxylation sites is 2. The van der Waals surface area contributed by atoms with Crippen LogP contribution in [0.5, 0.6) is 0 Å². The van der Waals surface area contributed by atoms with Crippen LogP contribution in [0.4, 0.5) is 0 Å². The van der Waals surface area contributed by atoms with Crippen LogP contribution in [0.2, 0.25) is 0 Å². The quantitative estimate of drug-likeness (QED) is 0.491. The molecule has 3 heterocycles. The molecule has 1 aliphatic heterocycles. The molecule has 7 nitrogen and oxygen atoms in total. The first-order valence-corrected chi connectivity index (χ1v) is 10.7. The topological polar surface area (TPSA) is 68.9 Å². The van der Waals surface area contributed by atoms with Crippen LogP contribution in [0, 0.1) is 11.7 Å². The van der Waals surface area contributed by atoms with Gasteiger partial charge in [0.1, 0.15) is 12.6 Å². The maximum atomic E-state index is 13.5. The van der Waals surface area contributed by atoms with Gasteiger partial charge in [-0.15, -0.1) is 5.10 Å². The zero-order chi connectivity index (χ0) is 20.8. The van der Waals surface area contributed by atoms with Crippen LogP contribution in [-0.2, 0) is 6.67 Å². The molecule has 1 unspecified atom stereocenters. The lowest BCUT2D eigenvalue weighted by molar-refractivity contribution is -0.931. The molecule has 1 aliphatic rings. The third-order valence-electron chi connectivity index (χ3n) is 5.92. The summed E-state index contributed by atoms with van der Waals surface area (Å²) >= 11 is 5.81. The molecule has 0 bridgehead atoms. The number of nitrogens with one attached hydrogen (secondary N) is 1. The Morgan fingerprint density at radius 2 is 1.97 bits per heavy atom. The van der Waals surface area contributed by atoms with Gasteiger partial charge in [-0.3, -0.25) is 9.20 Å². The second kappa shape index (κ2) is 7.46. The number of hydrogen-bond acceptors (Lipinski definition) is 4. The molecule has 154 valence electrons. The molecule has 1 saturated heterocycles. The van der Waals surface area contributed by atoms with E-state index in [1.165, 1.54) is 4.90 Å². The first kappa shape index (κ1) is 19.2. The van der Waals surface area contributed by atoms with Gasteiger partial charge >= 0.3 is 0 Å². The number of hydrogen-bond donors (Lipinski definition) is 2. The van der Waals surface area contributed by atoms with Gasteiger partial charge in [-0.05, 0) is 55.7 Å². The van der Waals surface area contributed by atoms with E-state index in [-0.39, 0.29) is 11.7 Å². The summed E-state index contributed by atoms with van der Waals surface area (Å²) in [7, 11) is 0. The lowest BCUT2D eigenvalue weighted by Crippen LogP contribution is -3.13. The van der Waals surface area contributed by atoms with Gasteiger partial charge < -0.3 is 10.0 Å². The van der Waals surface area contributed by atoms with Crippen LogP contribution in [0.15, 0.2) is 53.3 Å². The Kier molecular flexibility index (Phi) is 4.77. The van der Waals surface area contributed by atoms with Gasteiger partial charge in [0.25, 0.3) is 5.56 Å². The second-order valence-electron chi connectivity index (χ2n) is 8.02. The van der Waals surface area contributed by atoms with Crippen molar-refractivity contribution in [2.24, 2.45) is 0 Å². The number of aliphatic hydroxyl groups excluding tert-OH is 1. The number of rotatable bonds is 3. The fourth-order valence-electron chi connectivity index (χ4n) is 4.43. The van der Waals surface area contributed by atoms with Crippen molar-refractivity contribution < 1.29 is 10.0 Å². The molecular weight excluding hydrogens is 398 g/mol. The third kappa shape index (κ3) is 3.08. The van der Waals surface area contributed by atoms with Crippen molar-refractivity contribution >= 4 is 28.9 Å². The SMILES string of the molecule is Cc1ccccc1-n1c(=O)c2ccccc2n2c(=S)n(C[NH+]3CCC[C@@H](O)C3)nc12. The van der Waals surface area contributed by atoms with Crippen molar-refractivity contribution in [3.05, 3.63) is 69.2 Å². The van der Waals surface area contributed by atoms with E-state index in [0.717, 1.165) is 36.2 Å². The molecule has 2 aromatic carbocycles. The van der Waals surface area contributed by atoms with E-state index in [2.05, 4.69) is 0 Å². The van der Waals surface area contributed by atoms with Crippen molar-refractivity contribution in [3.8, 4) is 5.69 Å². The number of nitrogens with zero attached hydrogens (tertiary/aromatic N) is 4. The van der Waals surface area contributed by atoms with Gasteiger partial charge in [0, 0.05) is 0 Å². The Bertz CT molecular complexity index is 1370. The van der Waals surface area contributed by atoms with Gasteiger partial charge in [-0.25, -0.2) is 4.57 Å². The molecule has 2 aromatic heterocycles. The summed E-state index contributed by atoms with van der Waals surface area (Å²) in [6.45, 7) is 4.20. The van der Waals surface area contributed by atoms with Gasteiger partial charge in [0.05, 0.1) is 23.1 Å². The molecule has 2 atom stereocenters. The molecule has 5 rings (SSSR count). The summed E-state index contributed by atoms with van der Waals surface area (Å²) in [5.41, 5.74) is 2.43.